The highest BCUT2D eigenvalue weighted by Gasteiger charge is 2.23. The third kappa shape index (κ3) is 4.67. The molecule has 1 amide bonds. The number of benzene rings is 2. The number of para-hydroxylation sites is 1. The fraction of sp³-hybridized carbons (Fsp3) is 0.318. The standard InChI is InChI=1S/C22H24FN3O2S/c1-14(2)26-21(28)18-10-5-6-11-19(18)24-22(26)29-15(3)20(27)25(4)13-16-8-7-9-17(23)12-16/h5-12,14-15H,13H2,1-4H3/t15-/m0/s1. The van der Waals surface area contributed by atoms with Gasteiger partial charge in [-0.15, -0.1) is 0 Å². The summed E-state index contributed by atoms with van der Waals surface area (Å²) < 4.78 is 15.0. The van der Waals surface area contributed by atoms with Crippen molar-refractivity contribution < 1.29 is 9.18 Å². The van der Waals surface area contributed by atoms with E-state index < -0.39 is 5.25 Å². The summed E-state index contributed by atoms with van der Waals surface area (Å²) in [4.78, 5) is 32.0. The van der Waals surface area contributed by atoms with Crippen LogP contribution in [0.25, 0.3) is 10.9 Å². The van der Waals surface area contributed by atoms with E-state index in [0.29, 0.717) is 22.6 Å². The summed E-state index contributed by atoms with van der Waals surface area (Å²) in [6.45, 7) is 5.94. The molecular weight excluding hydrogens is 389 g/mol. The number of fused-ring (bicyclic) bond motifs is 1. The molecule has 0 saturated carbocycles. The molecule has 3 rings (SSSR count). The van der Waals surface area contributed by atoms with Crippen LogP contribution >= 0.6 is 11.8 Å². The number of hydrogen-bond acceptors (Lipinski definition) is 4. The first-order valence-corrected chi connectivity index (χ1v) is 10.3. The third-order valence-corrected chi connectivity index (χ3v) is 5.66. The van der Waals surface area contributed by atoms with Gasteiger partial charge >= 0.3 is 0 Å². The summed E-state index contributed by atoms with van der Waals surface area (Å²) in [5.74, 6) is -0.441. The Kier molecular flexibility index (Phi) is 6.37. The number of halogens is 1. The molecule has 7 heteroatoms. The second-order valence-corrected chi connectivity index (χ2v) is 8.57. The Morgan fingerprint density at radius 2 is 1.90 bits per heavy atom. The number of hydrogen-bond donors (Lipinski definition) is 0. The highest BCUT2D eigenvalue weighted by Crippen LogP contribution is 2.26. The van der Waals surface area contributed by atoms with Crippen LogP contribution in [0.4, 0.5) is 4.39 Å². The van der Waals surface area contributed by atoms with Gasteiger partial charge in [-0.3, -0.25) is 14.2 Å². The van der Waals surface area contributed by atoms with Gasteiger partial charge in [-0.2, -0.15) is 0 Å². The zero-order chi connectivity index (χ0) is 21.1. The maximum atomic E-state index is 13.4. The van der Waals surface area contributed by atoms with Gasteiger partial charge in [0.1, 0.15) is 5.82 Å². The molecular formula is C22H24FN3O2S. The van der Waals surface area contributed by atoms with E-state index >= 15 is 0 Å². The van der Waals surface area contributed by atoms with E-state index in [1.165, 1.54) is 23.9 Å². The van der Waals surface area contributed by atoms with Gasteiger partial charge in [0.05, 0.1) is 16.2 Å². The maximum absolute atomic E-state index is 13.4. The van der Waals surface area contributed by atoms with Crippen LogP contribution in [0, 0.1) is 5.82 Å². The molecule has 0 aliphatic carbocycles. The van der Waals surface area contributed by atoms with Crippen LogP contribution in [0.1, 0.15) is 32.4 Å². The Balaban J connectivity index is 1.84. The molecule has 1 aromatic heterocycles. The van der Waals surface area contributed by atoms with Crippen molar-refractivity contribution in [2.75, 3.05) is 7.05 Å². The minimum Gasteiger partial charge on any atom is -0.340 e. The summed E-state index contributed by atoms with van der Waals surface area (Å²) in [6, 6.07) is 13.3. The number of rotatable bonds is 6. The second kappa shape index (κ2) is 8.78. The average Bonchev–Trinajstić information content (AvgIpc) is 2.67. The van der Waals surface area contributed by atoms with Crippen molar-refractivity contribution in [3.8, 4) is 0 Å². The van der Waals surface area contributed by atoms with Crippen molar-refractivity contribution in [2.45, 2.75) is 43.8 Å². The maximum Gasteiger partial charge on any atom is 0.262 e. The lowest BCUT2D eigenvalue weighted by atomic mass is 10.2. The highest BCUT2D eigenvalue weighted by molar-refractivity contribution is 8.00. The van der Waals surface area contributed by atoms with Gasteiger partial charge in [0, 0.05) is 19.6 Å². The molecule has 0 bridgehead atoms. The first-order chi connectivity index (χ1) is 13.8. The van der Waals surface area contributed by atoms with Crippen molar-refractivity contribution in [1.82, 2.24) is 14.5 Å². The zero-order valence-corrected chi connectivity index (χ0v) is 17.7. The summed E-state index contributed by atoms with van der Waals surface area (Å²) in [6.07, 6.45) is 0. The summed E-state index contributed by atoms with van der Waals surface area (Å²) in [7, 11) is 1.69. The molecule has 0 fully saturated rings. The topological polar surface area (TPSA) is 55.2 Å². The van der Waals surface area contributed by atoms with Gasteiger partial charge in [-0.05, 0) is 50.6 Å². The summed E-state index contributed by atoms with van der Waals surface area (Å²) in [5.41, 5.74) is 1.23. The van der Waals surface area contributed by atoms with Crippen LogP contribution in [0.15, 0.2) is 58.5 Å². The fourth-order valence-electron chi connectivity index (χ4n) is 3.17. The average molecular weight is 414 g/mol. The van der Waals surface area contributed by atoms with E-state index in [4.69, 9.17) is 0 Å². The smallest absolute Gasteiger partial charge is 0.262 e. The van der Waals surface area contributed by atoms with E-state index in [9.17, 15) is 14.0 Å². The van der Waals surface area contributed by atoms with Crippen LogP contribution in [0.3, 0.4) is 0 Å². The lowest BCUT2D eigenvalue weighted by Gasteiger charge is -2.23. The molecule has 0 aliphatic rings. The molecule has 29 heavy (non-hydrogen) atoms. The van der Waals surface area contributed by atoms with Crippen molar-refractivity contribution in [3.05, 3.63) is 70.3 Å². The predicted molar refractivity (Wildman–Crippen MR) is 115 cm³/mol. The van der Waals surface area contributed by atoms with Crippen molar-refractivity contribution in [3.63, 3.8) is 0 Å². The Labute approximate surface area is 173 Å². The molecule has 0 unspecified atom stereocenters. The van der Waals surface area contributed by atoms with Crippen LogP contribution in [-0.2, 0) is 11.3 Å². The Morgan fingerprint density at radius 3 is 2.59 bits per heavy atom. The summed E-state index contributed by atoms with van der Waals surface area (Å²) >= 11 is 1.26. The molecule has 0 saturated heterocycles. The molecule has 2 aromatic carbocycles. The third-order valence-electron chi connectivity index (χ3n) is 4.61. The molecule has 0 spiro atoms. The van der Waals surface area contributed by atoms with Crippen molar-refractivity contribution >= 4 is 28.6 Å². The molecule has 152 valence electrons. The van der Waals surface area contributed by atoms with E-state index in [-0.39, 0.29) is 23.3 Å². The van der Waals surface area contributed by atoms with E-state index in [1.807, 2.05) is 26.0 Å². The van der Waals surface area contributed by atoms with Gasteiger partial charge in [0.2, 0.25) is 5.91 Å². The van der Waals surface area contributed by atoms with Gasteiger partial charge in [0.15, 0.2) is 5.16 Å². The fourth-order valence-corrected chi connectivity index (χ4v) is 4.33. The Bertz CT molecular complexity index is 1100. The number of carbonyl (C=O) groups excluding carboxylic acids is 1. The van der Waals surface area contributed by atoms with Gasteiger partial charge < -0.3 is 4.90 Å². The quantitative estimate of drug-likeness (QED) is 0.448. The normalized spacial score (nSPS) is 12.3. The molecule has 0 aliphatic heterocycles. The lowest BCUT2D eigenvalue weighted by molar-refractivity contribution is -0.129. The van der Waals surface area contributed by atoms with Crippen LogP contribution in [0.5, 0.6) is 0 Å². The van der Waals surface area contributed by atoms with E-state index in [2.05, 4.69) is 4.98 Å². The van der Waals surface area contributed by atoms with Gasteiger partial charge in [-0.1, -0.05) is 36.0 Å². The number of nitrogens with zero attached hydrogens (tertiary/aromatic N) is 3. The molecule has 0 N–H and O–H groups in total. The molecule has 5 nitrogen and oxygen atoms in total. The number of carbonyl (C=O) groups is 1. The first-order valence-electron chi connectivity index (χ1n) is 9.45. The number of amides is 1. The Morgan fingerprint density at radius 1 is 1.17 bits per heavy atom. The van der Waals surface area contributed by atoms with E-state index in [0.717, 1.165) is 5.56 Å². The van der Waals surface area contributed by atoms with Gasteiger partial charge in [0.25, 0.3) is 5.56 Å². The zero-order valence-electron chi connectivity index (χ0n) is 16.9. The van der Waals surface area contributed by atoms with Crippen LogP contribution < -0.4 is 5.56 Å². The number of aromatic nitrogens is 2. The minimum atomic E-state index is -0.452. The molecule has 3 aromatic rings. The monoisotopic (exact) mass is 413 g/mol. The van der Waals surface area contributed by atoms with Crippen LogP contribution in [-0.4, -0.2) is 32.7 Å². The minimum absolute atomic E-state index is 0.0885. The summed E-state index contributed by atoms with van der Waals surface area (Å²) in [5, 5.41) is 0.628. The van der Waals surface area contributed by atoms with Crippen LogP contribution in [0.2, 0.25) is 0 Å². The van der Waals surface area contributed by atoms with Crippen molar-refractivity contribution in [1.29, 1.82) is 0 Å². The van der Waals surface area contributed by atoms with Gasteiger partial charge in [-0.25, -0.2) is 9.37 Å². The molecule has 1 heterocycles. The largest absolute Gasteiger partial charge is 0.340 e. The van der Waals surface area contributed by atoms with E-state index in [1.54, 1.807) is 47.7 Å². The lowest BCUT2D eigenvalue weighted by Crippen LogP contribution is -2.33. The Hall–Kier alpha value is -2.67. The van der Waals surface area contributed by atoms with Crippen molar-refractivity contribution in [2.24, 2.45) is 0 Å². The first kappa shape index (κ1) is 21.0. The predicted octanol–water partition coefficient (Wildman–Crippen LogP) is 4.26. The number of thioether (sulfide) groups is 1. The second-order valence-electron chi connectivity index (χ2n) is 7.26. The SMILES string of the molecule is CC(C)n1c(S[C@@H](C)C(=O)N(C)Cc2cccc(F)c2)nc2ccccc2c1=O. The molecule has 1 atom stereocenters. The molecule has 0 radical (unpaired) electrons. The highest BCUT2D eigenvalue weighted by atomic mass is 32.2.